The minimum Gasteiger partial charge on any atom is -0.444 e. The van der Waals surface area contributed by atoms with Crippen molar-refractivity contribution in [1.82, 2.24) is 15.5 Å². The van der Waals surface area contributed by atoms with Crippen LogP contribution in [0.2, 0.25) is 0 Å². The van der Waals surface area contributed by atoms with Crippen molar-refractivity contribution in [1.29, 1.82) is 0 Å². The second-order valence-electron chi connectivity index (χ2n) is 6.75. The van der Waals surface area contributed by atoms with Crippen LogP contribution in [0, 0.1) is 0 Å². The van der Waals surface area contributed by atoms with Gasteiger partial charge in [0.25, 0.3) is 0 Å². The first-order valence-electron chi connectivity index (χ1n) is 8.64. The lowest BCUT2D eigenvalue weighted by atomic mass is 10.0. The van der Waals surface area contributed by atoms with Crippen molar-refractivity contribution >= 4 is 12.0 Å². The fraction of sp³-hybridized carbons (Fsp3) is 0.667. The first-order valence-corrected chi connectivity index (χ1v) is 8.64. The SMILES string of the molecule is C=C1NC(=O)CCC1NC1C=CCN(C(=O)OC(C)(C)C)C1.CC. The predicted molar refractivity (Wildman–Crippen MR) is 95.5 cm³/mol. The summed E-state index contributed by atoms with van der Waals surface area (Å²) in [5.41, 5.74) is 0.197. The summed E-state index contributed by atoms with van der Waals surface area (Å²) in [6.45, 7) is 14.6. The van der Waals surface area contributed by atoms with E-state index in [2.05, 4.69) is 17.2 Å². The number of carbonyl (C=O) groups is 2. The molecule has 0 saturated carbocycles. The zero-order valence-electron chi connectivity index (χ0n) is 15.5. The van der Waals surface area contributed by atoms with E-state index in [0.29, 0.717) is 25.2 Å². The van der Waals surface area contributed by atoms with Crippen molar-refractivity contribution in [3.63, 3.8) is 0 Å². The molecule has 0 radical (unpaired) electrons. The molecule has 24 heavy (non-hydrogen) atoms. The summed E-state index contributed by atoms with van der Waals surface area (Å²) < 4.78 is 5.40. The molecule has 2 unspecified atom stereocenters. The van der Waals surface area contributed by atoms with E-state index >= 15 is 0 Å². The molecule has 0 aromatic heterocycles. The maximum Gasteiger partial charge on any atom is 0.410 e. The van der Waals surface area contributed by atoms with Crippen molar-refractivity contribution in [2.75, 3.05) is 13.1 Å². The number of nitrogens with one attached hydrogen (secondary N) is 2. The molecule has 2 N–H and O–H groups in total. The number of carbonyl (C=O) groups excluding carboxylic acids is 2. The fourth-order valence-corrected chi connectivity index (χ4v) is 2.53. The molecule has 6 heteroatoms. The van der Waals surface area contributed by atoms with E-state index in [1.807, 2.05) is 46.8 Å². The molecule has 2 aliphatic heterocycles. The van der Waals surface area contributed by atoms with Crippen molar-refractivity contribution in [2.24, 2.45) is 0 Å². The average Bonchev–Trinajstić information content (AvgIpc) is 2.51. The topological polar surface area (TPSA) is 70.7 Å². The molecule has 0 bridgehead atoms. The number of hydrogen-bond acceptors (Lipinski definition) is 4. The van der Waals surface area contributed by atoms with Gasteiger partial charge < -0.3 is 20.3 Å². The van der Waals surface area contributed by atoms with Crippen LogP contribution in [-0.4, -0.2) is 47.7 Å². The normalized spacial score (nSPS) is 24.0. The molecule has 0 aliphatic carbocycles. The van der Waals surface area contributed by atoms with Gasteiger partial charge in [0.05, 0.1) is 0 Å². The quantitative estimate of drug-likeness (QED) is 0.760. The summed E-state index contributed by atoms with van der Waals surface area (Å²) in [5.74, 6) is 0.0117. The van der Waals surface area contributed by atoms with E-state index in [4.69, 9.17) is 4.74 Å². The molecular formula is C18H31N3O3. The molecule has 2 heterocycles. The highest BCUT2D eigenvalue weighted by Gasteiger charge is 2.28. The van der Waals surface area contributed by atoms with Gasteiger partial charge in [0, 0.05) is 37.3 Å². The number of piperidine rings is 1. The molecule has 2 rings (SSSR count). The standard InChI is InChI=1S/C16H25N3O3.C2H6/c1-11-13(7-8-14(20)17-11)18-12-6-5-9-19(10-12)15(21)22-16(2,3)4;1-2/h5-6,12-13,18H,1,7-10H2,2-4H3,(H,17,20);1-2H3. The monoisotopic (exact) mass is 337 g/mol. The van der Waals surface area contributed by atoms with Crippen LogP contribution in [0.25, 0.3) is 0 Å². The van der Waals surface area contributed by atoms with Crippen LogP contribution in [0.4, 0.5) is 4.79 Å². The van der Waals surface area contributed by atoms with Crippen molar-refractivity contribution < 1.29 is 14.3 Å². The third-order valence-electron chi connectivity index (χ3n) is 3.56. The van der Waals surface area contributed by atoms with E-state index in [9.17, 15) is 9.59 Å². The molecule has 6 nitrogen and oxygen atoms in total. The zero-order valence-corrected chi connectivity index (χ0v) is 15.5. The second kappa shape index (κ2) is 8.87. The van der Waals surface area contributed by atoms with Crippen LogP contribution in [0.5, 0.6) is 0 Å². The van der Waals surface area contributed by atoms with Crippen molar-refractivity contribution in [2.45, 2.75) is 65.1 Å². The summed E-state index contributed by atoms with van der Waals surface area (Å²) in [6, 6.07) is 0.0592. The molecule has 1 saturated heterocycles. The molecule has 136 valence electrons. The van der Waals surface area contributed by atoms with Gasteiger partial charge in [-0.3, -0.25) is 4.79 Å². The van der Waals surface area contributed by atoms with Gasteiger partial charge >= 0.3 is 6.09 Å². The van der Waals surface area contributed by atoms with Gasteiger partial charge in [-0.05, 0) is 27.2 Å². The van der Waals surface area contributed by atoms with Gasteiger partial charge in [0.15, 0.2) is 0 Å². The van der Waals surface area contributed by atoms with Crippen LogP contribution in [0.1, 0.15) is 47.5 Å². The smallest absolute Gasteiger partial charge is 0.410 e. The lowest BCUT2D eigenvalue weighted by molar-refractivity contribution is -0.121. The number of ether oxygens (including phenoxy) is 1. The van der Waals surface area contributed by atoms with Gasteiger partial charge in [-0.2, -0.15) is 0 Å². The summed E-state index contributed by atoms with van der Waals surface area (Å²) in [7, 11) is 0. The Kier molecular flexibility index (Phi) is 7.48. The first kappa shape index (κ1) is 20.2. The van der Waals surface area contributed by atoms with Crippen LogP contribution < -0.4 is 10.6 Å². The van der Waals surface area contributed by atoms with Crippen molar-refractivity contribution in [3.05, 3.63) is 24.4 Å². The highest BCUT2D eigenvalue weighted by Crippen LogP contribution is 2.15. The van der Waals surface area contributed by atoms with Gasteiger partial charge in [-0.15, -0.1) is 0 Å². The highest BCUT2D eigenvalue weighted by molar-refractivity contribution is 5.79. The van der Waals surface area contributed by atoms with Gasteiger partial charge in [0.2, 0.25) is 5.91 Å². The van der Waals surface area contributed by atoms with Crippen LogP contribution in [0.3, 0.4) is 0 Å². The average molecular weight is 337 g/mol. The third-order valence-corrected chi connectivity index (χ3v) is 3.56. The first-order chi connectivity index (χ1) is 11.2. The molecule has 0 aromatic carbocycles. The Labute approximate surface area is 145 Å². The Hall–Kier alpha value is -1.82. The molecule has 2 aliphatic rings. The minimum atomic E-state index is -0.497. The zero-order chi connectivity index (χ0) is 18.3. The predicted octanol–water partition coefficient (Wildman–Crippen LogP) is 2.57. The minimum absolute atomic E-state index is 0.0117. The summed E-state index contributed by atoms with van der Waals surface area (Å²) in [4.78, 5) is 25.1. The van der Waals surface area contributed by atoms with E-state index in [-0.39, 0.29) is 24.1 Å². The van der Waals surface area contributed by atoms with E-state index in [1.165, 1.54) is 0 Å². The highest BCUT2D eigenvalue weighted by atomic mass is 16.6. The van der Waals surface area contributed by atoms with Gasteiger partial charge in [-0.1, -0.05) is 32.6 Å². The number of hydrogen-bond donors (Lipinski definition) is 2. The van der Waals surface area contributed by atoms with E-state index in [1.54, 1.807) is 4.90 Å². The number of nitrogens with zero attached hydrogens (tertiary/aromatic N) is 1. The van der Waals surface area contributed by atoms with E-state index < -0.39 is 5.60 Å². The van der Waals surface area contributed by atoms with Crippen molar-refractivity contribution in [3.8, 4) is 0 Å². The maximum atomic E-state index is 12.1. The Morgan fingerprint density at radius 3 is 2.67 bits per heavy atom. The van der Waals surface area contributed by atoms with Gasteiger partial charge in [-0.25, -0.2) is 4.79 Å². The van der Waals surface area contributed by atoms with Crippen LogP contribution in [-0.2, 0) is 9.53 Å². The van der Waals surface area contributed by atoms with Crippen LogP contribution >= 0.6 is 0 Å². The fourth-order valence-electron chi connectivity index (χ4n) is 2.53. The van der Waals surface area contributed by atoms with E-state index in [0.717, 1.165) is 6.42 Å². The number of rotatable bonds is 2. The molecule has 2 amide bonds. The Morgan fingerprint density at radius 2 is 2.08 bits per heavy atom. The Bertz CT molecular complexity index is 494. The second-order valence-corrected chi connectivity index (χ2v) is 6.75. The molecule has 2 atom stereocenters. The summed E-state index contributed by atoms with van der Waals surface area (Å²) >= 11 is 0. The van der Waals surface area contributed by atoms with Gasteiger partial charge in [0.1, 0.15) is 5.60 Å². The lowest BCUT2D eigenvalue weighted by Crippen LogP contribution is -2.52. The summed E-state index contributed by atoms with van der Waals surface area (Å²) in [5, 5.41) is 6.18. The Balaban J connectivity index is 0.00000139. The molecular weight excluding hydrogens is 306 g/mol. The molecule has 0 aromatic rings. The maximum absolute atomic E-state index is 12.1. The largest absolute Gasteiger partial charge is 0.444 e. The number of amides is 2. The summed E-state index contributed by atoms with van der Waals surface area (Å²) in [6.07, 6.45) is 4.91. The molecule has 0 spiro atoms. The molecule has 1 fully saturated rings. The third kappa shape index (κ3) is 6.35. The Morgan fingerprint density at radius 1 is 1.42 bits per heavy atom. The van der Waals surface area contributed by atoms with Crippen LogP contribution in [0.15, 0.2) is 24.4 Å². The lowest BCUT2D eigenvalue weighted by Gasteiger charge is -2.34.